The van der Waals surface area contributed by atoms with Crippen molar-refractivity contribution in [3.63, 3.8) is 0 Å². The Labute approximate surface area is 123 Å². The van der Waals surface area contributed by atoms with Gasteiger partial charge in [-0.25, -0.2) is 4.39 Å². The number of nitrogens with one attached hydrogen (secondary N) is 1. The van der Waals surface area contributed by atoms with Crippen molar-refractivity contribution in [3.8, 4) is 0 Å². The average molecular weight is 284 g/mol. The molecule has 2 aromatic rings. The summed E-state index contributed by atoms with van der Waals surface area (Å²) < 4.78 is 13.1. The third-order valence-electron chi connectivity index (χ3n) is 3.98. The lowest BCUT2D eigenvalue weighted by atomic mass is 9.83. The molecule has 0 aromatic heterocycles. The van der Waals surface area contributed by atoms with Crippen LogP contribution in [0.3, 0.4) is 0 Å². The molecule has 0 spiro atoms. The fourth-order valence-corrected chi connectivity index (χ4v) is 2.79. The molecule has 1 unspecified atom stereocenters. The van der Waals surface area contributed by atoms with Crippen LogP contribution in [-0.4, -0.2) is 5.91 Å². The molecular formula is C17H17FN2O. The van der Waals surface area contributed by atoms with Gasteiger partial charge >= 0.3 is 0 Å². The molecule has 2 aromatic carbocycles. The van der Waals surface area contributed by atoms with Crippen LogP contribution in [-0.2, 0) is 17.6 Å². The van der Waals surface area contributed by atoms with Crippen LogP contribution in [0.4, 0.5) is 15.8 Å². The summed E-state index contributed by atoms with van der Waals surface area (Å²) in [7, 11) is 0. The number of aryl methyl sites for hydroxylation is 1. The van der Waals surface area contributed by atoms with Crippen molar-refractivity contribution < 1.29 is 9.18 Å². The quantitative estimate of drug-likeness (QED) is 0.832. The molecule has 1 aliphatic rings. The van der Waals surface area contributed by atoms with E-state index in [1.165, 1.54) is 29.3 Å². The van der Waals surface area contributed by atoms with Gasteiger partial charge in [0.25, 0.3) is 0 Å². The first-order valence-electron chi connectivity index (χ1n) is 7.06. The Kier molecular flexibility index (Phi) is 3.60. The van der Waals surface area contributed by atoms with E-state index in [-0.39, 0.29) is 17.5 Å². The number of rotatable bonds is 2. The van der Waals surface area contributed by atoms with Crippen LogP contribution < -0.4 is 11.1 Å². The minimum atomic E-state index is -0.473. The predicted molar refractivity (Wildman–Crippen MR) is 81.4 cm³/mol. The lowest BCUT2D eigenvalue weighted by Crippen LogP contribution is -2.28. The molecule has 3 rings (SSSR count). The van der Waals surface area contributed by atoms with Crippen LogP contribution in [0, 0.1) is 11.7 Å². The zero-order chi connectivity index (χ0) is 14.8. The second-order valence-electron chi connectivity index (χ2n) is 5.43. The highest BCUT2D eigenvalue weighted by atomic mass is 19.1. The van der Waals surface area contributed by atoms with Gasteiger partial charge in [0, 0.05) is 11.6 Å². The van der Waals surface area contributed by atoms with E-state index in [9.17, 15) is 9.18 Å². The number of hydrogen-bond donors (Lipinski definition) is 2. The fraction of sp³-hybridized carbons (Fsp3) is 0.235. The Morgan fingerprint density at radius 3 is 2.71 bits per heavy atom. The minimum Gasteiger partial charge on any atom is -0.396 e. The van der Waals surface area contributed by atoms with Crippen LogP contribution in [0.5, 0.6) is 0 Å². The molecule has 1 amide bonds. The van der Waals surface area contributed by atoms with Crippen LogP contribution in [0.15, 0.2) is 42.5 Å². The van der Waals surface area contributed by atoms with Gasteiger partial charge in [-0.05, 0) is 48.6 Å². The normalized spacial score (nSPS) is 17.1. The van der Waals surface area contributed by atoms with Crippen molar-refractivity contribution in [2.75, 3.05) is 11.1 Å². The third kappa shape index (κ3) is 2.89. The largest absolute Gasteiger partial charge is 0.396 e. The zero-order valence-corrected chi connectivity index (χ0v) is 11.6. The lowest BCUT2D eigenvalue weighted by molar-refractivity contribution is -0.120. The van der Waals surface area contributed by atoms with Gasteiger partial charge in [0.1, 0.15) is 5.82 Å². The van der Waals surface area contributed by atoms with Gasteiger partial charge in [0.2, 0.25) is 5.91 Å². The van der Waals surface area contributed by atoms with E-state index in [2.05, 4.69) is 17.4 Å². The predicted octanol–water partition coefficient (Wildman–Crippen LogP) is 3.15. The molecule has 0 radical (unpaired) electrons. The molecular weight excluding hydrogens is 267 g/mol. The average Bonchev–Trinajstić information content (AvgIpc) is 2.50. The molecule has 21 heavy (non-hydrogen) atoms. The van der Waals surface area contributed by atoms with Gasteiger partial charge in [-0.3, -0.25) is 4.79 Å². The van der Waals surface area contributed by atoms with Crippen LogP contribution in [0.1, 0.15) is 17.5 Å². The van der Waals surface area contributed by atoms with Gasteiger partial charge < -0.3 is 11.1 Å². The maximum atomic E-state index is 13.1. The maximum Gasteiger partial charge on any atom is 0.227 e. The molecule has 0 bridgehead atoms. The van der Waals surface area contributed by atoms with Gasteiger partial charge in [-0.2, -0.15) is 0 Å². The number of carbonyl (C=O) groups is 1. The number of nitrogens with two attached hydrogens (primary N) is 1. The minimum absolute atomic E-state index is 0.0319. The topological polar surface area (TPSA) is 55.1 Å². The van der Waals surface area contributed by atoms with Crippen molar-refractivity contribution in [3.05, 3.63) is 59.4 Å². The van der Waals surface area contributed by atoms with Gasteiger partial charge in [0.05, 0.1) is 5.69 Å². The third-order valence-corrected chi connectivity index (χ3v) is 3.98. The zero-order valence-electron chi connectivity index (χ0n) is 11.6. The molecule has 1 aliphatic carbocycles. The Bertz CT molecular complexity index is 684. The van der Waals surface area contributed by atoms with E-state index in [0.717, 1.165) is 19.3 Å². The summed E-state index contributed by atoms with van der Waals surface area (Å²) in [6, 6.07) is 12.5. The van der Waals surface area contributed by atoms with E-state index in [0.29, 0.717) is 5.69 Å². The number of amides is 1. The number of carbonyl (C=O) groups excluding carboxylic acids is 1. The van der Waals surface area contributed by atoms with E-state index in [1.807, 2.05) is 12.1 Å². The summed E-state index contributed by atoms with van der Waals surface area (Å²) in [5.41, 5.74) is 8.66. The molecule has 0 heterocycles. The first-order valence-corrected chi connectivity index (χ1v) is 7.06. The smallest absolute Gasteiger partial charge is 0.227 e. The number of halogens is 1. The van der Waals surface area contributed by atoms with Crippen molar-refractivity contribution >= 4 is 17.3 Å². The monoisotopic (exact) mass is 284 g/mol. The number of hydrogen-bond acceptors (Lipinski definition) is 2. The Hall–Kier alpha value is -2.36. The highest BCUT2D eigenvalue weighted by Crippen LogP contribution is 2.26. The van der Waals surface area contributed by atoms with Gasteiger partial charge in [-0.15, -0.1) is 0 Å². The van der Waals surface area contributed by atoms with Crippen LogP contribution >= 0.6 is 0 Å². The van der Waals surface area contributed by atoms with Crippen molar-refractivity contribution in [2.24, 2.45) is 5.92 Å². The van der Waals surface area contributed by atoms with Gasteiger partial charge in [-0.1, -0.05) is 24.3 Å². The summed E-state index contributed by atoms with van der Waals surface area (Å²) >= 11 is 0. The Morgan fingerprint density at radius 2 is 1.95 bits per heavy atom. The second-order valence-corrected chi connectivity index (χ2v) is 5.43. The summed E-state index contributed by atoms with van der Waals surface area (Å²) in [4.78, 5) is 12.3. The standard InChI is InChI=1S/C17H17FN2O/c18-15-8-7-14(10-16(15)19)20-17(21)13-6-5-11-3-1-2-4-12(11)9-13/h1-4,7-8,10,13H,5-6,9,19H2,(H,20,21). The van der Waals surface area contributed by atoms with Gasteiger partial charge in [0.15, 0.2) is 0 Å². The van der Waals surface area contributed by atoms with Crippen molar-refractivity contribution in [2.45, 2.75) is 19.3 Å². The van der Waals surface area contributed by atoms with E-state index in [4.69, 9.17) is 5.73 Å². The molecule has 3 nitrogen and oxygen atoms in total. The second kappa shape index (κ2) is 5.56. The molecule has 0 fully saturated rings. The van der Waals surface area contributed by atoms with Crippen LogP contribution in [0.25, 0.3) is 0 Å². The first-order chi connectivity index (χ1) is 10.1. The first kappa shape index (κ1) is 13.6. The highest BCUT2D eigenvalue weighted by Gasteiger charge is 2.24. The highest BCUT2D eigenvalue weighted by molar-refractivity contribution is 5.93. The Balaban J connectivity index is 1.70. The SMILES string of the molecule is Nc1cc(NC(=O)C2CCc3ccccc3C2)ccc1F. The number of anilines is 2. The Morgan fingerprint density at radius 1 is 1.19 bits per heavy atom. The van der Waals surface area contributed by atoms with E-state index >= 15 is 0 Å². The number of fused-ring (bicyclic) bond motifs is 1. The summed E-state index contributed by atoms with van der Waals surface area (Å²) in [5.74, 6) is -0.554. The molecule has 4 heteroatoms. The number of nitrogen functional groups attached to an aromatic ring is 1. The number of benzene rings is 2. The fourth-order valence-electron chi connectivity index (χ4n) is 2.79. The molecule has 108 valence electrons. The lowest BCUT2D eigenvalue weighted by Gasteiger charge is -2.23. The van der Waals surface area contributed by atoms with Crippen molar-refractivity contribution in [1.82, 2.24) is 0 Å². The summed E-state index contributed by atoms with van der Waals surface area (Å²) in [6.07, 6.45) is 2.50. The molecule has 0 saturated heterocycles. The van der Waals surface area contributed by atoms with E-state index in [1.54, 1.807) is 0 Å². The van der Waals surface area contributed by atoms with Crippen LogP contribution in [0.2, 0.25) is 0 Å². The molecule has 3 N–H and O–H groups in total. The molecule has 0 aliphatic heterocycles. The maximum absolute atomic E-state index is 13.1. The van der Waals surface area contributed by atoms with E-state index < -0.39 is 5.82 Å². The summed E-state index contributed by atoms with van der Waals surface area (Å²) in [5, 5.41) is 2.82. The van der Waals surface area contributed by atoms with Crippen molar-refractivity contribution in [1.29, 1.82) is 0 Å². The summed E-state index contributed by atoms with van der Waals surface area (Å²) in [6.45, 7) is 0. The molecule has 0 saturated carbocycles. The molecule has 1 atom stereocenters.